The first-order valence-electron chi connectivity index (χ1n) is 10.3. The van der Waals surface area contributed by atoms with Gasteiger partial charge in [0, 0.05) is 36.8 Å². The predicted molar refractivity (Wildman–Crippen MR) is 128 cm³/mol. The zero-order valence-electron chi connectivity index (χ0n) is 17.4. The number of hydrogen-bond acceptors (Lipinski definition) is 4. The van der Waals surface area contributed by atoms with Crippen molar-refractivity contribution < 1.29 is 14.2 Å². The van der Waals surface area contributed by atoms with E-state index in [4.69, 9.17) is 30.8 Å². The normalized spacial score (nSPS) is 20.4. The molecule has 1 N–H and O–H groups in total. The lowest BCUT2D eigenvalue weighted by Gasteiger charge is -2.34. The molecular formula is C21H33ClIN3O3. The number of ether oxygens (including phenoxy) is 3. The van der Waals surface area contributed by atoms with Crippen molar-refractivity contribution in [2.75, 3.05) is 40.0 Å². The minimum atomic E-state index is 0. The zero-order chi connectivity index (χ0) is 19.8. The van der Waals surface area contributed by atoms with E-state index >= 15 is 0 Å². The molecule has 1 unspecified atom stereocenters. The molecular weight excluding hydrogens is 505 g/mol. The molecule has 8 heteroatoms. The zero-order valence-corrected chi connectivity index (χ0v) is 20.4. The van der Waals surface area contributed by atoms with Crippen LogP contribution in [0.2, 0.25) is 5.02 Å². The fourth-order valence-corrected chi connectivity index (χ4v) is 3.85. The fraction of sp³-hybridized carbons (Fsp3) is 0.667. The molecule has 6 nitrogen and oxygen atoms in total. The van der Waals surface area contributed by atoms with Gasteiger partial charge in [0.2, 0.25) is 0 Å². The standard InChI is InChI=1S/C21H32ClN3O3.HI/c1-3-23-21(24-14-16-6-7-17(22)13-20(16)26-2)25-10-8-18(9-11-25)28-15-19-5-4-12-27-19;/h6-7,13,18-19H,3-5,8-12,14-15H2,1-2H3,(H,23,24);1H. The number of nitrogens with one attached hydrogen (secondary N) is 1. The molecule has 2 fully saturated rings. The average molecular weight is 538 g/mol. The fourth-order valence-electron chi connectivity index (χ4n) is 3.69. The summed E-state index contributed by atoms with van der Waals surface area (Å²) >= 11 is 6.05. The smallest absolute Gasteiger partial charge is 0.194 e. The number of aliphatic imine (C=N–C) groups is 1. The Morgan fingerprint density at radius 1 is 1.31 bits per heavy atom. The molecule has 0 radical (unpaired) electrons. The van der Waals surface area contributed by atoms with Crippen LogP contribution in [0.15, 0.2) is 23.2 Å². The van der Waals surface area contributed by atoms with E-state index in [0.717, 1.165) is 75.8 Å². The van der Waals surface area contributed by atoms with E-state index in [0.29, 0.717) is 23.8 Å². The lowest BCUT2D eigenvalue weighted by Crippen LogP contribution is -2.47. The number of hydrogen-bond donors (Lipinski definition) is 1. The third-order valence-electron chi connectivity index (χ3n) is 5.27. The molecule has 2 aliphatic rings. The summed E-state index contributed by atoms with van der Waals surface area (Å²) in [6.07, 6.45) is 4.94. The Morgan fingerprint density at radius 2 is 2.10 bits per heavy atom. The Kier molecular flexibility index (Phi) is 10.8. The highest BCUT2D eigenvalue weighted by molar-refractivity contribution is 14.0. The third-order valence-corrected chi connectivity index (χ3v) is 5.50. The number of guanidine groups is 1. The van der Waals surface area contributed by atoms with Crippen molar-refractivity contribution in [3.63, 3.8) is 0 Å². The number of piperidine rings is 1. The maximum atomic E-state index is 6.08. The van der Waals surface area contributed by atoms with Gasteiger partial charge in [-0.3, -0.25) is 0 Å². The summed E-state index contributed by atoms with van der Waals surface area (Å²) in [5.74, 6) is 1.71. The minimum absolute atomic E-state index is 0. The first-order valence-corrected chi connectivity index (χ1v) is 10.7. The summed E-state index contributed by atoms with van der Waals surface area (Å²) < 4.78 is 17.2. The van der Waals surface area contributed by atoms with Gasteiger partial charge >= 0.3 is 0 Å². The Balaban J connectivity index is 0.00000300. The molecule has 0 saturated carbocycles. The molecule has 1 aromatic carbocycles. The Labute approximate surface area is 196 Å². The van der Waals surface area contributed by atoms with Crippen LogP contribution >= 0.6 is 35.6 Å². The molecule has 1 aromatic rings. The van der Waals surface area contributed by atoms with E-state index in [1.54, 1.807) is 7.11 Å². The summed E-state index contributed by atoms with van der Waals surface area (Å²) in [5, 5.41) is 4.08. The van der Waals surface area contributed by atoms with Crippen molar-refractivity contribution in [1.82, 2.24) is 10.2 Å². The van der Waals surface area contributed by atoms with Gasteiger partial charge in [0.25, 0.3) is 0 Å². The molecule has 3 rings (SSSR count). The van der Waals surface area contributed by atoms with Gasteiger partial charge in [-0.1, -0.05) is 17.7 Å². The van der Waals surface area contributed by atoms with Crippen molar-refractivity contribution >= 4 is 41.5 Å². The van der Waals surface area contributed by atoms with E-state index < -0.39 is 0 Å². The molecule has 0 aromatic heterocycles. The highest BCUT2D eigenvalue weighted by atomic mass is 127. The summed E-state index contributed by atoms with van der Waals surface area (Å²) in [5.41, 5.74) is 1.03. The van der Waals surface area contributed by atoms with Crippen LogP contribution in [0.4, 0.5) is 0 Å². The molecule has 1 atom stereocenters. The summed E-state index contributed by atoms with van der Waals surface area (Å²) in [7, 11) is 1.66. The molecule has 164 valence electrons. The number of nitrogens with zero attached hydrogens (tertiary/aromatic N) is 2. The molecule has 0 amide bonds. The number of rotatable bonds is 7. The molecule has 29 heavy (non-hydrogen) atoms. The van der Waals surface area contributed by atoms with Crippen LogP contribution in [0, 0.1) is 0 Å². The Morgan fingerprint density at radius 3 is 2.76 bits per heavy atom. The Hall–Kier alpha value is -0.770. The van der Waals surface area contributed by atoms with Gasteiger partial charge in [-0.2, -0.15) is 0 Å². The first-order chi connectivity index (χ1) is 13.7. The lowest BCUT2D eigenvalue weighted by molar-refractivity contribution is -0.0367. The van der Waals surface area contributed by atoms with Crippen molar-refractivity contribution in [2.24, 2.45) is 4.99 Å². The second kappa shape index (κ2) is 12.8. The summed E-state index contributed by atoms with van der Waals surface area (Å²) in [4.78, 5) is 7.14. The molecule has 0 aliphatic carbocycles. The van der Waals surface area contributed by atoms with Crippen LogP contribution in [-0.4, -0.2) is 63.0 Å². The van der Waals surface area contributed by atoms with E-state index in [1.165, 1.54) is 0 Å². The van der Waals surface area contributed by atoms with Crippen molar-refractivity contribution in [3.8, 4) is 5.75 Å². The first kappa shape index (κ1) is 24.5. The second-order valence-electron chi connectivity index (χ2n) is 7.28. The topological polar surface area (TPSA) is 55.3 Å². The van der Waals surface area contributed by atoms with Crippen molar-refractivity contribution in [3.05, 3.63) is 28.8 Å². The summed E-state index contributed by atoms with van der Waals surface area (Å²) in [6, 6.07) is 5.67. The number of methoxy groups -OCH3 is 1. The van der Waals surface area contributed by atoms with Gasteiger partial charge in [-0.05, 0) is 44.7 Å². The maximum Gasteiger partial charge on any atom is 0.194 e. The SMILES string of the molecule is CCNC(=NCc1ccc(Cl)cc1OC)N1CCC(OCC2CCCO2)CC1.I. The minimum Gasteiger partial charge on any atom is -0.496 e. The number of benzene rings is 1. The second-order valence-corrected chi connectivity index (χ2v) is 7.72. The van der Waals surface area contributed by atoms with E-state index in [2.05, 4.69) is 17.1 Å². The molecule has 0 bridgehead atoms. The van der Waals surface area contributed by atoms with Gasteiger partial charge < -0.3 is 24.4 Å². The van der Waals surface area contributed by atoms with Crippen LogP contribution < -0.4 is 10.1 Å². The molecule has 0 spiro atoms. The van der Waals surface area contributed by atoms with Crippen LogP contribution in [0.1, 0.15) is 38.2 Å². The quantitative estimate of drug-likeness (QED) is 0.323. The highest BCUT2D eigenvalue weighted by Gasteiger charge is 2.24. The van der Waals surface area contributed by atoms with Gasteiger partial charge in [0.15, 0.2) is 5.96 Å². The van der Waals surface area contributed by atoms with Crippen LogP contribution in [0.25, 0.3) is 0 Å². The maximum absolute atomic E-state index is 6.08. The monoisotopic (exact) mass is 537 g/mol. The van der Waals surface area contributed by atoms with Gasteiger partial charge in [-0.25, -0.2) is 4.99 Å². The van der Waals surface area contributed by atoms with E-state index in [9.17, 15) is 0 Å². The van der Waals surface area contributed by atoms with Gasteiger partial charge in [0.05, 0.1) is 32.5 Å². The van der Waals surface area contributed by atoms with E-state index in [-0.39, 0.29) is 24.0 Å². The highest BCUT2D eigenvalue weighted by Crippen LogP contribution is 2.24. The summed E-state index contributed by atoms with van der Waals surface area (Å²) in [6.45, 7) is 6.99. The van der Waals surface area contributed by atoms with Crippen LogP contribution in [-0.2, 0) is 16.0 Å². The number of likely N-dealkylation sites (tertiary alicyclic amines) is 1. The van der Waals surface area contributed by atoms with Crippen LogP contribution in [0.5, 0.6) is 5.75 Å². The molecule has 2 saturated heterocycles. The van der Waals surface area contributed by atoms with Crippen molar-refractivity contribution in [2.45, 2.75) is 51.4 Å². The van der Waals surface area contributed by atoms with E-state index in [1.807, 2.05) is 18.2 Å². The van der Waals surface area contributed by atoms with Gasteiger partial charge in [0.1, 0.15) is 5.75 Å². The third kappa shape index (κ3) is 7.45. The lowest BCUT2D eigenvalue weighted by atomic mass is 10.1. The van der Waals surface area contributed by atoms with Crippen LogP contribution in [0.3, 0.4) is 0 Å². The average Bonchev–Trinajstić information content (AvgIpc) is 3.24. The predicted octanol–water partition coefficient (Wildman–Crippen LogP) is 4.09. The van der Waals surface area contributed by atoms with Gasteiger partial charge in [-0.15, -0.1) is 24.0 Å². The number of halogens is 2. The van der Waals surface area contributed by atoms with Crippen molar-refractivity contribution in [1.29, 1.82) is 0 Å². The largest absolute Gasteiger partial charge is 0.496 e. The molecule has 2 heterocycles. The molecule has 2 aliphatic heterocycles. The Bertz CT molecular complexity index is 648.